The Bertz CT molecular complexity index is 1070. The van der Waals surface area contributed by atoms with E-state index >= 15 is 0 Å². The number of aliphatic hydroxyl groups is 1. The maximum atomic E-state index is 13.9. The quantitative estimate of drug-likeness (QED) is 0.432. The number of H-pyrrole nitrogens is 1. The second-order valence-electron chi connectivity index (χ2n) is 8.72. The van der Waals surface area contributed by atoms with Gasteiger partial charge in [-0.05, 0) is 68.9 Å². The van der Waals surface area contributed by atoms with Crippen LogP contribution in [-0.4, -0.2) is 39.5 Å². The molecule has 0 radical (unpaired) electrons. The molecule has 0 aliphatic heterocycles. The number of carbonyl (C=O) groups is 1. The highest BCUT2D eigenvalue weighted by Gasteiger charge is 2.34. The number of aromatic nitrogens is 2. The van der Waals surface area contributed by atoms with Crippen LogP contribution in [0.2, 0.25) is 0 Å². The van der Waals surface area contributed by atoms with Gasteiger partial charge in [-0.25, -0.2) is 4.39 Å². The van der Waals surface area contributed by atoms with Crippen molar-refractivity contribution in [1.82, 2.24) is 15.5 Å². The summed E-state index contributed by atoms with van der Waals surface area (Å²) in [4.78, 5) is 12.4. The van der Waals surface area contributed by atoms with Crippen LogP contribution in [0.1, 0.15) is 43.2 Å². The van der Waals surface area contributed by atoms with E-state index in [4.69, 9.17) is 9.47 Å². The zero-order valence-electron chi connectivity index (χ0n) is 19.2. The molecule has 1 aromatic heterocycles. The third-order valence-corrected chi connectivity index (χ3v) is 6.00. The SMILES string of the molecule is Cc1ccc(Oc2cc(F)ccc2O[C@@H]2CCC[C@@H](NC(=O)CCCc3cn[nH]c3)[C@H]2O)cc1. The number of carbonyl (C=O) groups excluding carboxylic acids is 1. The van der Waals surface area contributed by atoms with Gasteiger partial charge in [0.1, 0.15) is 23.8 Å². The fraction of sp³-hybridized carbons (Fsp3) is 0.385. The lowest BCUT2D eigenvalue weighted by atomic mass is 9.89. The third-order valence-electron chi connectivity index (χ3n) is 6.00. The molecule has 1 aliphatic carbocycles. The van der Waals surface area contributed by atoms with Gasteiger partial charge in [0.2, 0.25) is 5.91 Å². The number of ether oxygens (including phenoxy) is 2. The first-order valence-electron chi connectivity index (χ1n) is 11.6. The fourth-order valence-electron chi connectivity index (χ4n) is 4.13. The van der Waals surface area contributed by atoms with Crippen molar-refractivity contribution >= 4 is 5.91 Å². The van der Waals surface area contributed by atoms with Crippen LogP contribution in [0, 0.1) is 12.7 Å². The summed E-state index contributed by atoms with van der Waals surface area (Å²) in [6, 6.07) is 11.1. The van der Waals surface area contributed by atoms with Crippen LogP contribution < -0.4 is 14.8 Å². The van der Waals surface area contributed by atoms with E-state index < -0.39 is 24.1 Å². The van der Waals surface area contributed by atoms with Gasteiger partial charge in [-0.15, -0.1) is 0 Å². The van der Waals surface area contributed by atoms with Crippen LogP contribution in [0.5, 0.6) is 17.2 Å². The summed E-state index contributed by atoms with van der Waals surface area (Å²) in [5.41, 5.74) is 2.14. The molecular formula is C26H30FN3O4. The molecule has 0 bridgehead atoms. The van der Waals surface area contributed by atoms with Gasteiger partial charge in [-0.2, -0.15) is 5.10 Å². The Hall–Kier alpha value is -3.39. The van der Waals surface area contributed by atoms with Crippen molar-refractivity contribution in [2.24, 2.45) is 0 Å². The number of nitrogens with zero attached hydrogens (tertiary/aromatic N) is 1. The molecule has 1 fully saturated rings. The van der Waals surface area contributed by atoms with E-state index in [9.17, 15) is 14.3 Å². The summed E-state index contributed by atoms with van der Waals surface area (Å²) < 4.78 is 25.9. The van der Waals surface area contributed by atoms with Gasteiger partial charge in [0.15, 0.2) is 11.5 Å². The molecule has 34 heavy (non-hydrogen) atoms. The first-order chi connectivity index (χ1) is 16.5. The molecule has 7 nitrogen and oxygen atoms in total. The zero-order valence-corrected chi connectivity index (χ0v) is 19.2. The second kappa shape index (κ2) is 11.2. The molecule has 3 aromatic rings. The van der Waals surface area contributed by atoms with E-state index in [1.54, 1.807) is 18.3 Å². The van der Waals surface area contributed by atoms with Gasteiger partial charge in [0.25, 0.3) is 0 Å². The number of amides is 1. The normalized spacial score (nSPS) is 20.0. The summed E-state index contributed by atoms with van der Waals surface area (Å²) in [5, 5.41) is 20.5. The first kappa shape index (κ1) is 23.8. The Morgan fingerprint density at radius 1 is 1.21 bits per heavy atom. The minimum absolute atomic E-state index is 0.0987. The lowest BCUT2D eigenvalue weighted by Crippen LogP contribution is -2.52. The van der Waals surface area contributed by atoms with E-state index in [0.717, 1.165) is 24.0 Å². The molecule has 8 heteroatoms. The van der Waals surface area contributed by atoms with Gasteiger partial charge in [-0.3, -0.25) is 9.89 Å². The van der Waals surface area contributed by atoms with E-state index in [1.807, 2.05) is 25.3 Å². The molecule has 1 saturated carbocycles. The van der Waals surface area contributed by atoms with Gasteiger partial charge in [0.05, 0.1) is 12.2 Å². The van der Waals surface area contributed by atoms with Crippen molar-refractivity contribution in [3.05, 3.63) is 71.8 Å². The Kier molecular flexibility index (Phi) is 7.80. The van der Waals surface area contributed by atoms with E-state index in [0.29, 0.717) is 37.2 Å². The number of aryl methyl sites for hydroxylation is 2. The molecule has 180 valence electrons. The maximum Gasteiger partial charge on any atom is 0.220 e. The standard InChI is InChI=1S/C26H30FN3O4/c1-17-8-11-20(12-9-17)33-24-14-19(27)10-13-22(24)34-23-6-3-5-21(26(23)32)30-25(31)7-2-4-18-15-28-29-16-18/h8-16,21,23,26,32H,2-7H2,1H3,(H,28,29)(H,30,31)/t21-,23-,26-/m1/s1. The number of aromatic amines is 1. The molecule has 1 aliphatic rings. The number of rotatable bonds is 9. The van der Waals surface area contributed by atoms with Crippen LogP contribution in [0.15, 0.2) is 54.9 Å². The highest BCUT2D eigenvalue weighted by atomic mass is 19.1. The van der Waals surface area contributed by atoms with E-state index in [2.05, 4.69) is 15.5 Å². The molecule has 0 saturated heterocycles. The second-order valence-corrected chi connectivity index (χ2v) is 8.72. The average molecular weight is 468 g/mol. The molecule has 0 spiro atoms. The first-order valence-corrected chi connectivity index (χ1v) is 11.6. The topological polar surface area (TPSA) is 96.5 Å². The summed E-state index contributed by atoms with van der Waals surface area (Å²) in [6.45, 7) is 1.97. The fourth-order valence-corrected chi connectivity index (χ4v) is 4.13. The molecule has 4 rings (SSSR count). The minimum Gasteiger partial charge on any atom is -0.484 e. The van der Waals surface area contributed by atoms with Crippen LogP contribution in [0.4, 0.5) is 4.39 Å². The maximum absolute atomic E-state index is 13.9. The van der Waals surface area contributed by atoms with Crippen molar-refractivity contribution in [2.75, 3.05) is 0 Å². The average Bonchev–Trinajstić information content (AvgIpc) is 3.33. The Morgan fingerprint density at radius 3 is 2.79 bits per heavy atom. The Balaban J connectivity index is 1.36. The number of nitrogens with one attached hydrogen (secondary N) is 2. The monoisotopic (exact) mass is 467 g/mol. The number of benzene rings is 2. The van der Waals surface area contributed by atoms with Crippen molar-refractivity contribution in [3.8, 4) is 17.2 Å². The molecule has 3 N–H and O–H groups in total. The number of aliphatic hydroxyl groups excluding tert-OH is 1. The zero-order chi connectivity index (χ0) is 23.9. The molecule has 1 heterocycles. The molecule has 0 unspecified atom stereocenters. The summed E-state index contributed by atoms with van der Waals surface area (Å²) in [7, 11) is 0. The molecule has 1 amide bonds. The highest BCUT2D eigenvalue weighted by molar-refractivity contribution is 5.76. The van der Waals surface area contributed by atoms with E-state index in [1.165, 1.54) is 18.2 Å². The number of hydrogen-bond acceptors (Lipinski definition) is 5. The predicted octanol–water partition coefficient (Wildman–Crippen LogP) is 4.45. The lowest BCUT2D eigenvalue weighted by molar-refractivity contribution is -0.124. The van der Waals surface area contributed by atoms with Crippen LogP contribution >= 0.6 is 0 Å². The predicted molar refractivity (Wildman–Crippen MR) is 125 cm³/mol. The highest BCUT2D eigenvalue weighted by Crippen LogP contribution is 2.35. The van der Waals surface area contributed by atoms with Crippen LogP contribution in [0.3, 0.4) is 0 Å². The van der Waals surface area contributed by atoms with Crippen molar-refractivity contribution in [3.63, 3.8) is 0 Å². The lowest BCUT2D eigenvalue weighted by Gasteiger charge is -2.35. The minimum atomic E-state index is -0.885. The van der Waals surface area contributed by atoms with Gasteiger partial charge < -0.3 is 19.9 Å². The van der Waals surface area contributed by atoms with Crippen LogP contribution in [0.25, 0.3) is 0 Å². The van der Waals surface area contributed by atoms with Crippen molar-refractivity contribution in [1.29, 1.82) is 0 Å². The Morgan fingerprint density at radius 2 is 2.03 bits per heavy atom. The van der Waals surface area contributed by atoms with Gasteiger partial charge in [0, 0.05) is 18.7 Å². The van der Waals surface area contributed by atoms with Gasteiger partial charge >= 0.3 is 0 Å². The van der Waals surface area contributed by atoms with Crippen molar-refractivity contribution < 1.29 is 23.8 Å². The summed E-state index contributed by atoms with van der Waals surface area (Å²) >= 11 is 0. The van der Waals surface area contributed by atoms with Crippen LogP contribution in [-0.2, 0) is 11.2 Å². The number of halogens is 1. The van der Waals surface area contributed by atoms with Gasteiger partial charge in [-0.1, -0.05) is 17.7 Å². The largest absolute Gasteiger partial charge is 0.484 e. The molecule has 2 aromatic carbocycles. The van der Waals surface area contributed by atoms with Crippen molar-refractivity contribution in [2.45, 2.75) is 63.7 Å². The molecule has 3 atom stereocenters. The summed E-state index contributed by atoms with van der Waals surface area (Å²) in [5.74, 6) is 0.600. The Labute approximate surface area is 198 Å². The van der Waals surface area contributed by atoms with E-state index in [-0.39, 0.29) is 11.7 Å². The summed E-state index contributed by atoms with van der Waals surface area (Å²) in [6.07, 6.45) is 6.04. The molecular weight excluding hydrogens is 437 g/mol. The number of hydrogen-bond donors (Lipinski definition) is 3. The smallest absolute Gasteiger partial charge is 0.220 e. The third kappa shape index (κ3) is 6.35.